The third-order valence-electron chi connectivity index (χ3n) is 3.51. The minimum Gasteiger partial charge on any atom is -0.207 e. The van der Waals surface area contributed by atoms with Crippen molar-refractivity contribution >= 4 is 21.6 Å². The van der Waals surface area contributed by atoms with Crippen molar-refractivity contribution in [3.63, 3.8) is 0 Å². The molecule has 1 aliphatic rings. The number of halogens is 1. The zero-order valence-corrected chi connectivity index (χ0v) is 12.3. The standard InChI is InChI=1S/C15H14ClNO2S/c16-13-6-4-5-12(11-13)15(9-10-15)17-20(18,19)14-7-2-1-3-8-14/h1-8,11,17H,9-10H2. The molecule has 0 spiro atoms. The van der Waals surface area contributed by atoms with Gasteiger partial charge in [-0.3, -0.25) is 0 Å². The smallest absolute Gasteiger partial charge is 0.207 e. The van der Waals surface area contributed by atoms with Crippen molar-refractivity contribution < 1.29 is 8.42 Å². The first kappa shape index (κ1) is 13.6. The fourth-order valence-corrected chi connectivity index (χ4v) is 3.94. The summed E-state index contributed by atoms with van der Waals surface area (Å²) < 4.78 is 27.6. The molecular formula is C15H14ClNO2S. The van der Waals surface area contributed by atoms with E-state index >= 15 is 0 Å². The van der Waals surface area contributed by atoms with Gasteiger partial charge in [0.25, 0.3) is 0 Å². The van der Waals surface area contributed by atoms with Crippen LogP contribution < -0.4 is 4.72 Å². The first-order chi connectivity index (χ1) is 9.52. The molecule has 0 heterocycles. The van der Waals surface area contributed by atoms with Crippen molar-refractivity contribution in [1.29, 1.82) is 0 Å². The minimum atomic E-state index is -3.51. The summed E-state index contributed by atoms with van der Waals surface area (Å²) in [5, 5.41) is 0.618. The SMILES string of the molecule is O=S(=O)(NC1(c2cccc(Cl)c2)CC1)c1ccccc1. The van der Waals surface area contributed by atoms with Crippen molar-refractivity contribution in [2.45, 2.75) is 23.3 Å². The number of sulfonamides is 1. The Bertz CT molecular complexity index is 725. The van der Waals surface area contributed by atoms with Gasteiger partial charge in [-0.15, -0.1) is 0 Å². The van der Waals surface area contributed by atoms with Gasteiger partial charge < -0.3 is 0 Å². The van der Waals surface area contributed by atoms with E-state index in [9.17, 15) is 8.42 Å². The number of hydrogen-bond donors (Lipinski definition) is 1. The summed E-state index contributed by atoms with van der Waals surface area (Å²) in [6.07, 6.45) is 1.58. The Labute approximate surface area is 123 Å². The second-order valence-electron chi connectivity index (χ2n) is 5.01. The topological polar surface area (TPSA) is 46.2 Å². The summed E-state index contributed by atoms with van der Waals surface area (Å²) in [7, 11) is -3.51. The molecule has 0 saturated heterocycles. The maximum Gasteiger partial charge on any atom is 0.241 e. The second-order valence-corrected chi connectivity index (χ2v) is 7.13. The van der Waals surface area contributed by atoms with E-state index in [4.69, 9.17) is 11.6 Å². The van der Waals surface area contributed by atoms with Crippen LogP contribution in [0.5, 0.6) is 0 Å². The molecule has 0 amide bonds. The molecule has 20 heavy (non-hydrogen) atoms. The van der Waals surface area contributed by atoms with E-state index in [1.165, 1.54) is 0 Å². The molecule has 1 fully saturated rings. The van der Waals surface area contributed by atoms with E-state index in [1.54, 1.807) is 36.4 Å². The molecule has 1 N–H and O–H groups in total. The first-order valence-electron chi connectivity index (χ1n) is 6.37. The van der Waals surface area contributed by atoms with E-state index in [2.05, 4.69) is 4.72 Å². The molecule has 0 radical (unpaired) electrons. The summed E-state index contributed by atoms with van der Waals surface area (Å²) >= 11 is 5.99. The van der Waals surface area contributed by atoms with Crippen LogP contribution in [0.25, 0.3) is 0 Å². The van der Waals surface area contributed by atoms with Crippen LogP contribution >= 0.6 is 11.6 Å². The average Bonchev–Trinajstić information content (AvgIpc) is 3.20. The molecule has 0 aliphatic heterocycles. The Morgan fingerprint density at radius 2 is 1.70 bits per heavy atom. The van der Waals surface area contributed by atoms with Gasteiger partial charge in [0.1, 0.15) is 0 Å². The lowest BCUT2D eigenvalue weighted by molar-refractivity contribution is 0.551. The van der Waals surface area contributed by atoms with Crippen LogP contribution in [0, 0.1) is 0 Å². The van der Waals surface area contributed by atoms with Crippen molar-refractivity contribution in [3.05, 3.63) is 65.2 Å². The minimum absolute atomic E-state index is 0.285. The molecule has 2 aromatic rings. The van der Waals surface area contributed by atoms with Gasteiger partial charge in [0.15, 0.2) is 0 Å². The summed E-state index contributed by atoms with van der Waals surface area (Å²) in [6.45, 7) is 0. The van der Waals surface area contributed by atoms with E-state index in [-0.39, 0.29) is 4.90 Å². The van der Waals surface area contributed by atoms with Crippen LogP contribution in [0.4, 0.5) is 0 Å². The fraction of sp³-hybridized carbons (Fsp3) is 0.200. The zero-order valence-electron chi connectivity index (χ0n) is 10.7. The first-order valence-corrected chi connectivity index (χ1v) is 8.23. The van der Waals surface area contributed by atoms with Crippen molar-refractivity contribution in [1.82, 2.24) is 4.72 Å². The molecule has 5 heteroatoms. The lowest BCUT2D eigenvalue weighted by Gasteiger charge is -2.18. The maximum absolute atomic E-state index is 12.4. The maximum atomic E-state index is 12.4. The number of rotatable bonds is 4. The Kier molecular flexibility index (Phi) is 3.32. The van der Waals surface area contributed by atoms with Gasteiger partial charge in [-0.05, 0) is 42.7 Å². The van der Waals surface area contributed by atoms with Gasteiger partial charge in [-0.1, -0.05) is 41.9 Å². The predicted octanol–water partition coefficient (Wildman–Crippen LogP) is 3.31. The highest BCUT2D eigenvalue weighted by Crippen LogP contribution is 2.47. The lowest BCUT2D eigenvalue weighted by Crippen LogP contribution is -2.34. The van der Waals surface area contributed by atoms with Gasteiger partial charge in [0, 0.05) is 5.02 Å². The molecule has 0 bridgehead atoms. The fourth-order valence-electron chi connectivity index (χ4n) is 2.28. The molecule has 1 aliphatic carbocycles. The van der Waals surface area contributed by atoms with Crippen LogP contribution in [0.15, 0.2) is 59.5 Å². The highest BCUT2D eigenvalue weighted by atomic mass is 35.5. The van der Waals surface area contributed by atoms with E-state index < -0.39 is 15.6 Å². The Morgan fingerprint density at radius 3 is 2.30 bits per heavy atom. The Morgan fingerprint density at radius 1 is 1.00 bits per heavy atom. The second kappa shape index (κ2) is 4.88. The summed E-state index contributed by atoms with van der Waals surface area (Å²) in [5.41, 5.74) is 0.420. The molecule has 0 atom stereocenters. The molecule has 104 valence electrons. The molecule has 2 aromatic carbocycles. The van der Waals surface area contributed by atoms with Crippen molar-refractivity contribution in [2.24, 2.45) is 0 Å². The Hall–Kier alpha value is -1.36. The van der Waals surface area contributed by atoms with Gasteiger partial charge in [-0.2, -0.15) is 0 Å². The summed E-state index contributed by atoms with van der Waals surface area (Å²) in [5.74, 6) is 0. The summed E-state index contributed by atoms with van der Waals surface area (Å²) in [6, 6.07) is 15.8. The number of hydrogen-bond acceptors (Lipinski definition) is 2. The van der Waals surface area contributed by atoms with E-state index in [0.717, 1.165) is 18.4 Å². The molecule has 3 nitrogen and oxygen atoms in total. The number of nitrogens with one attached hydrogen (secondary N) is 1. The van der Waals surface area contributed by atoms with E-state index in [1.807, 2.05) is 18.2 Å². The molecule has 3 rings (SSSR count). The highest BCUT2D eigenvalue weighted by Gasteiger charge is 2.47. The van der Waals surface area contributed by atoms with Crippen LogP contribution in [-0.2, 0) is 15.6 Å². The zero-order chi connectivity index (χ0) is 14.2. The molecular weight excluding hydrogens is 294 g/mol. The molecule has 0 aromatic heterocycles. The van der Waals surface area contributed by atoms with Crippen LogP contribution in [0.3, 0.4) is 0 Å². The molecule has 0 unspecified atom stereocenters. The lowest BCUT2D eigenvalue weighted by atomic mass is 10.1. The van der Waals surface area contributed by atoms with E-state index in [0.29, 0.717) is 5.02 Å². The highest BCUT2D eigenvalue weighted by molar-refractivity contribution is 7.89. The van der Waals surface area contributed by atoms with Crippen LogP contribution in [0.1, 0.15) is 18.4 Å². The van der Waals surface area contributed by atoms with Gasteiger partial charge in [-0.25, -0.2) is 13.1 Å². The van der Waals surface area contributed by atoms with Gasteiger partial charge in [0.05, 0.1) is 10.4 Å². The van der Waals surface area contributed by atoms with Gasteiger partial charge >= 0.3 is 0 Å². The van der Waals surface area contributed by atoms with Crippen LogP contribution in [-0.4, -0.2) is 8.42 Å². The Balaban J connectivity index is 1.91. The number of benzene rings is 2. The summed E-state index contributed by atoms with van der Waals surface area (Å²) in [4.78, 5) is 0.285. The van der Waals surface area contributed by atoms with Crippen LogP contribution in [0.2, 0.25) is 5.02 Å². The van der Waals surface area contributed by atoms with Gasteiger partial charge in [0.2, 0.25) is 10.0 Å². The third-order valence-corrected chi connectivity index (χ3v) is 5.30. The largest absolute Gasteiger partial charge is 0.241 e. The average molecular weight is 308 g/mol. The third kappa shape index (κ3) is 2.59. The van der Waals surface area contributed by atoms with Crippen molar-refractivity contribution in [3.8, 4) is 0 Å². The predicted molar refractivity (Wildman–Crippen MR) is 79.1 cm³/mol. The normalized spacial score (nSPS) is 16.9. The quantitative estimate of drug-likeness (QED) is 0.942. The van der Waals surface area contributed by atoms with Crippen molar-refractivity contribution in [2.75, 3.05) is 0 Å². The monoisotopic (exact) mass is 307 g/mol. The molecule has 1 saturated carbocycles.